The number of pyridine rings is 1. The largest absolute Gasteiger partial charge is 0.433 e. The van der Waals surface area contributed by atoms with Gasteiger partial charge in [-0.2, -0.15) is 18.3 Å². The molecule has 0 bridgehead atoms. The van der Waals surface area contributed by atoms with Crippen molar-refractivity contribution in [2.45, 2.75) is 19.5 Å². The maximum absolute atomic E-state index is 12.6. The van der Waals surface area contributed by atoms with Gasteiger partial charge in [0.1, 0.15) is 5.69 Å². The molecule has 0 unspecified atom stereocenters. The van der Waals surface area contributed by atoms with Gasteiger partial charge in [-0.1, -0.05) is 13.0 Å². The van der Waals surface area contributed by atoms with Gasteiger partial charge in [-0.05, 0) is 34.0 Å². The highest BCUT2D eigenvalue weighted by atomic mass is 79.9. The molecule has 2 aromatic rings. The van der Waals surface area contributed by atoms with Crippen molar-refractivity contribution in [3.8, 4) is 11.4 Å². The van der Waals surface area contributed by atoms with E-state index in [0.717, 1.165) is 12.0 Å². The van der Waals surface area contributed by atoms with Crippen LogP contribution in [0, 0.1) is 0 Å². The average molecular weight is 320 g/mol. The van der Waals surface area contributed by atoms with Crippen molar-refractivity contribution in [2.24, 2.45) is 0 Å². The highest BCUT2D eigenvalue weighted by molar-refractivity contribution is 9.10. The molecule has 0 fully saturated rings. The molecular weight excluding hydrogens is 311 g/mol. The van der Waals surface area contributed by atoms with Crippen LogP contribution in [0.3, 0.4) is 0 Å². The molecule has 0 aliphatic carbocycles. The van der Waals surface area contributed by atoms with E-state index in [1.807, 2.05) is 18.1 Å². The summed E-state index contributed by atoms with van der Waals surface area (Å²) in [6.45, 7) is 1.98. The van der Waals surface area contributed by atoms with Crippen LogP contribution in [-0.2, 0) is 12.6 Å². The molecule has 2 heterocycles. The Balaban J connectivity index is 2.42. The van der Waals surface area contributed by atoms with E-state index in [4.69, 9.17) is 0 Å². The highest BCUT2D eigenvalue weighted by Gasteiger charge is 2.36. The zero-order valence-corrected chi connectivity index (χ0v) is 10.9. The topological polar surface area (TPSA) is 41.6 Å². The lowest BCUT2D eigenvalue weighted by Gasteiger charge is -2.03. The Hall–Kier alpha value is -1.37. The second kappa shape index (κ2) is 4.72. The van der Waals surface area contributed by atoms with Crippen LogP contribution in [0.4, 0.5) is 13.2 Å². The van der Waals surface area contributed by atoms with Gasteiger partial charge >= 0.3 is 6.18 Å². The molecule has 0 atom stereocenters. The molecule has 2 aromatic heterocycles. The first kappa shape index (κ1) is 13.1. The van der Waals surface area contributed by atoms with Crippen LogP contribution >= 0.6 is 15.9 Å². The third-order valence-electron chi connectivity index (χ3n) is 2.47. The minimum Gasteiger partial charge on any atom is -0.272 e. The number of aromatic amines is 1. The van der Waals surface area contributed by atoms with Crippen LogP contribution in [0.2, 0.25) is 0 Å². The zero-order chi connectivity index (χ0) is 13.3. The van der Waals surface area contributed by atoms with Crippen molar-refractivity contribution in [3.63, 3.8) is 0 Å². The smallest absolute Gasteiger partial charge is 0.272 e. The highest BCUT2D eigenvalue weighted by Crippen LogP contribution is 2.37. The second-order valence-electron chi connectivity index (χ2n) is 3.66. The molecule has 0 spiro atoms. The predicted octanol–water partition coefficient (Wildman–Crippen LogP) is 3.82. The summed E-state index contributed by atoms with van der Waals surface area (Å²) < 4.78 is 37.6. The summed E-state index contributed by atoms with van der Waals surface area (Å²) in [6, 6.07) is 3.47. The van der Waals surface area contributed by atoms with E-state index in [2.05, 4.69) is 26.0 Å². The number of nitrogens with one attached hydrogen (secondary N) is 1. The van der Waals surface area contributed by atoms with Crippen LogP contribution in [0.15, 0.2) is 22.8 Å². The SMILES string of the molecule is CCc1ccc(-c2n[nH]c(C(F)(F)F)c2Br)nc1. The summed E-state index contributed by atoms with van der Waals surface area (Å²) in [4.78, 5) is 4.10. The lowest BCUT2D eigenvalue weighted by atomic mass is 10.2. The number of aromatic nitrogens is 3. The Morgan fingerprint density at radius 3 is 2.50 bits per heavy atom. The molecule has 0 aliphatic rings. The Morgan fingerprint density at radius 2 is 2.06 bits per heavy atom. The third kappa shape index (κ3) is 2.40. The van der Waals surface area contributed by atoms with Crippen LogP contribution in [0.5, 0.6) is 0 Å². The van der Waals surface area contributed by atoms with Crippen LogP contribution in [0.25, 0.3) is 11.4 Å². The minimum atomic E-state index is -4.46. The quantitative estimate of drug-likeness (QED) is 0.914. The number of hydrogen-bond donors (Lipinski definition) is 1. The number of rotatable bonds is 2. The van der Waals surface area contributed by atoms with Crippen molar-refractivity contribution in [3.05, 3.63) is 34.1 Å². The predicted molar refractivity (Wildman–Crippen MR) is 63.9 cm³/mol. The molecule has 0 saturated heterocycles. The van der Waals surface area contributed by atoms with Gasteiger partial charge < -0.3 is 0 Å². The molecule has 7 heteroatoms. The van der Waals surface area contributed by atoms with E-state index in [-0.39, 0.29) is 10.2 Å². The van der Waals surface area contributed by atoms with Crippen molar-refractivity contribution in [2.75, 3.05) is 0 Å². The molecule has 96 valence electrons. The summed E-state index contributed by atoms with van der Waals surface area (Å²) >= 11 is 2.91. The Labute approximate surface area is 110 Å². The molecule has 2 rings (SSSR count). The summed E-state index contributed by atoms with van der Waals surface area (Å²) in [5, 5.41) is 5.63. The van der Waals surface area contributed by atoms with E-state index in [0.29, 0.717) is 5.69 Å². The Morgan fingerprint density at radius 1 is 1.33 bits per heavy atom. The van der Waals surface area contributed by atoms with Gasteiger partial charge in [-0.15, -0.1) is 0 Å². The maximum Gasteiger partial charge on any atom is 0.433 e. The van der Waals surface area contributed by atoms with E-state index in [9.17, 15) is 13.2 Å². The van der Waals surface area contributed by atoms with Crippen molar-refractivity contribution in [1.82, 2.24) is 15.2 Å². The van der Waals surface area contributed by atoms with Gasteiger partial charge in [-0.25, -0.2) is 0 Å². The molecule has 3 nitrogen and oxygen atoms in total. The molecule has 0 radical (unpaired) electrons. The molecule has 0 saturated carbocycles. The van der Waals surface area contributed by atoms with Gasteiger partial charge in [0.05, 0.1) is 10.2 Å². The molecular formula is C11H9BrF3N3. The summed E-state index contributed by atoms with van der Waals surface area (Å²) in [7, 11) is 0. The first-order valence-corrected chi connectivity index (χ1v) is 5.99. The minimum absolute atomic E-state index is 0.119. The van der Waals surface area contributed by atoms with E-state index in [1.54, 1.807) is 12.3 Å². The number of hydrogen-bond acceptors (Lipinski definition) is 2. The van der Waals surface area contributed by atoms with Crippen LogP contribution in [0.1, 0.15) is 18.2 Å². The molecule has 1 N–H and O–H groups in total. The third-order valence-corrected chi connectivity index (χ3v) is 3.24. The molecule has 0 amide bonds. The number of H-pyrrole nitrogens is 1. The van der Waals surface area contributed by atoms with E-state index < -0.39 is 11.9 Å². The van der Waals surface area contributed by atoms with Crippen LogP contribution in [-0.4, -0.2) is 15.2 Å². The van der Waals surface area contributed by atoms with Crippen molar-refractivity contribution < 1.29 is 13.2 Å². The summed E-state index contributed by atoms with van der Waals surface area (Å²) in [5.41, 5.74) is 0.663. The standard InChI is InChI=1S/C11H9BrF3N3/c1-2-6-3-4-7(16-5-6)9-8(12)10(18-17-9)11(13,14)15/h3-5H,2H2,1H3,(H,17,18). The first-order chi connectivity index (χ1) is 8.43. The summed E-state index contributed by atoms with van der Waals surface area (Å²) in [5.74, 6) is 0. The van der Waals surface area contributed by atoms with E-state index in [1.165, 1.54) is 0 Å². The Kier molecular flexibility index (Phi) is 3.43. The van der Waals surface area contributed by atoms with Gasteiger partial charge in [0.15, 0.2) is 5.69 Å². The van der Waals surface area contributed by atoms with E-state index >= 15 is 0 Å². The van der Waals surface area contributed by atoms with Crippen molar-refractivity contribution >= 4 is 15.9 Å². The lowest BCUT2D eigenvalue weighted by Crippen LogP contribution is -2.06. The molecule has 0 aliphatic heterocycles. The zero-order valence-electron chi connectivity index (χ0n) is 9.35. The monoisotopic (exact) mass is 319 g/mol. The number of alkyl halides is 3. The van der Waals surface area contributed by atoms with Gasteiger partial charge in [0, 0.05) is 6.20 Å². The fourth-order valence-electron chi connectivity index (χ4n) is 1.46. The molecule has 18 heavy (non-hydrogen) atoms. The maximum atomic E-state index is 12.6. The van der Waals surface area contributed by atoms with Gasteiger partial charge in [0.2, 0.25) is 0 Å². The van der Waals surface area contributed by atoms with Crippen LogP contribution < -0.4 is 0 Å². The lowest BCUT2D eigenvalue weighted by molar-refractivity contribution is -0.141. The Bertz CT molecular complexity index is 546. The second-order valence-corrected chi connectivity index (χ2v) is 4.46. The normalized spacial score (nSPS) is 11.8. The van der Waals surface area contributed by atoms with Crippen molar-refractivity contribution in [1.29, 1.82) is 0 Å². The number of nitrogens with zero attached hydrogens (tertiary/aromatic N) is 2. The van der Waals surface area contributed by atoms with Gasteiger partial charge in [-0.3, -0.25) is 10.1 Å². The fourth-order valence-corrected chi connectivity index (χ4v) is 2.06. The fraction of sp³-hybridized carbons (Fsp3) is 0.273. The average Bonchev–Trinajstić information content (AvgIpc) is 2.71. The number of halogens is 4. The molecule has 0 aromatic carbocycles. The number of aryl methyl sites for hydroxylation is 1. The first-order valence-electron chi connectivity index (χ1n) is 5.19. The van der Waals surface area contributed by atoms with Gasteiger partial charge in [0.25, 0.3) is 0 Å². The summed E-state index contributed by atoms with van der Waals surface area (Å²) in [6.07, 6.45) is -2.01.